The Kier molecular flexibility index (Phi) is 8.22. The average Bonchev–Trinajstić information content (AvgIpc) is 2.77. The van der Waals surface area contributed by atoms with Crippen LogP contribution in [0.15, 0.2) is 48.7 Å². The van der Waals surface area contributed by atoms with Crippen molar-refractivity contribution in [1.82, 2.24) is 19.7 Å². The maximum Gasteiger partial charge on any atom is 0.272 e. The first-order valence-corrected chi connectivity index (χ1v) is 10.8. The molecule has 162 valence electrons. The van der Waals surface area contributed by atoms with Crippen LogP contribution in [0.25, 0.3) is 0 Å². The van der Waals surface area contributed by atoms with Gasteiger partial charge in [-0.3, -0.25) is 14.7 Å². The van der Waals surface area contributed by atoms with E-state index in [1.165, 1.54) is 5.56 Å². The molecule has 1 atom stereocenters. The number of pyridine rings is 1. The van der Waals surface area contributed by atoms with Gasteiger partial charge < -0.3 is 14.5 Å². The quantitative estimate of drug-likeness (QED) is 0.636. The first-order chi connectivity index (χ1) is 14.6. The third-order valence-electron chi connectivity index (χ3n) is 5.66. The molecule has 30 heavy (non-hydrogen) atoms. The fourth-order valence-corrected chi connectivity index (χ4v) is 4.08. The number of ether oxygens (including phenoxy) is 1. The van der Waals surface area contributed by atoms with E-state index in [1.807, 2.05) is 43.3 Å². The van der Waals surface area contributed by atoms with Gasteiger partial charge in [0.05, 0.1) is 7.11 Å². The lowest BCUT2D eigenvalue weighted by Gasteiger charge is -2.36. The Labute approximate surface area is 180 Å². The van der Waals surface area contributed by atoms with Gasteiger partial charge in [-0.15, -0.1) is 0 Å². The molecular weight excluding hydrogens is 376 g/mol. The minimum Gasteiger partial charge on any atom is -0.496 e. The van der Waals surface area contributed by atoms with Crippen molar-refractivity contribution in [3.8, 4) is 5.75 Å². The van der Waals surface area contributed by atoms with Crippen LogP contribution >= 0.6 is 0 Å². The Bertz CT molecular complexity index is 797. The summed E-state index contributed by atoms with van der Waals surface area (Å²) in [6.07, 6.45) is 3.99. The Balaban J connectivity index is 1.65. The minimum atomic E-state index is 0.0271. The lowest BCUT2D eigenvalue weighted by atomic mass is 9.96. The lowest BCUT2D eigenvalue weighted by molar-refractivity contribution is 0.0654. The molecule has 0 aliphatic carbocycles. The van der Waals surface area contributed by atoms with E-state index in [-0.39, 0.29) is 5.91 Å². The fourth-order valence-electron chi connectivity index (χ4n) is 4.08. The van der Waals surface area contributed by atoms with Gasteiger partial charge in [0.1, 0.15) is 11.4 Å². The van der Waals surface area contributed by atoms with Crippen LogP contribution in [-0.4, -0.2) is 79.5 Å². The molecule has 6 nitrogen and oxygen atoms in total. The van der Waals surface area contributed by atoms with Crippen molar-refractivity contribution in [2.75, 3.05) is 53.9 Å². The van der Waals surface area contributed by atoms with E-state index in [0.29, 0.717) is 18.2 Å². The highest BCUT2D eigenvalue weighted by Gasteiger charge is 2.26. The number of likely N-dealkylation sites (N-methyl/N-ethyl adjacent to an activating group) is 1. The summed E-state index contributed by atoms with van der Waals surface area (Å²) in [5, 5.41) is 0. The van der Waals surface area contributed by atoms with E-state index in [2.05, 4.69) is 26.9 Å². The van der Waals surface area contributed by atoms with Crippen molar-refractivity contribution < 1.29 is 9.53 Å². The van der Waals surface area contributed by atoms with Crippen molar-refractivity contribution in [3.05, 3.63) is 59.9 Å². The maximum atomic E-state index is 13.1. The van der Waals surface area contributed by atoms with Crippen molar-refractivity contribution in [2.24, 2.45) is 5.92 Å². The van der Waals surface area contributed by atoms with E-state index in [4.69, 9.17) is 4.74 Å². The van der Waals surface area contributed by atoms with Crippen LogP contribution in [0.4, 0.5) is 0 Å². The van der Waals surface area contributed by atoms with Crippen LogP contribution < -0.4 is 4.74 Å². The van der Waals surface area contributed by atoms with Gasteiger partial charge >= 0.3 is 0 Å². The standard InChI is InChI=1S/C24H34N4O2/c1-26(2)15-16-28(24(29)22-11-6-7-13-25-22)18-20-9-8-14-27(17-20)19-21-10-4-5-12-23(21)30-3/h4-7,10-13,20H,8-9,14-19H2,1-3H3/t20-/m1/s1. The van der Waals surface area contributed by atoms with Crippen LogP contribution in [0, 0.1) is 5.92 Å². The summed E-state index contributed by atoms with van der Waals surface area (Å²) in [6.45, 7) is 5.28. The normalized spacial score (nSPS) is 17.1. The molecule has 2 heterocycles. The van der Waals surface area contributed by atoms with Gasteiger partial charge in [-0.05, 0) is 57.6 Å². The van der Waals surface area contributed by atoms with Crippen LogP contribution in [0.2, 0.25) is 0 Å². The van der Waals surface area contributed by atoms with E-state index < -0.39 is 0 Å². The molecule has 0 unspecified atom stereocenters. The van der Waals surface area contributed by atoms with Gasteiger partial charge in [-0.2, -0.15) is 0 Å². The fraction of sp³-hybridized carbons (Fsp3) is 0.500. The third-order valence-corrected chi connectivity index (χ3v) is 5.66. The van der Waals surface area contributed by atoms with Gasteiger partial charge in [0.25, 0.3) is 5.91 Å². The maximum absolute atomic E-state index is 13.1. The van der Waals surface area contributed by atoms with Crippen LogP contribution in [-0.2, 0) is 6.54 Å². The molecule has 1 fully saturated rings. The summed E-state index contributed by atoms with van der Waals surface area (Å²) in [5.41, 5.74) is 1.74. The Morgan fingerprint density at radius 1 is 1.17 bits per heavy atom. The molecule has 2 aromatic rings. The molecule has 0 radical (unpaired) electrons. The predicted molar refractivity (Wildman–Crippen MR) is 120 cm³/mol. The number of carbonyl (C=O) groups excluding carboxylic acids is 1. The van der Waals surface area contributed by atoms with Crippen molar-refractivity contribution in [2.45, 2.75) is 19.4 Å². The Morgan fingerprint density at radius 3 is 2.70 bits per heavy atom. The number of likely N-dealkylation sites (tertiary alicyclic amines) is 1. The number of rotatable bonds is 9. The molecule has 0 spiro atoms. The first-order valence-electron chi connectivity index (χ1n) is 10.8. The summed E-state index contributed by atoms with van der Waals surface area (Å²) in [7, 11) is 5.81. The Morgan fingerprint density at radius 2 is 1.97 bits per heavy atom. The molecule has 1 aliphatic rings. The largest absolute Gasteiger partial charge is 0.496 e. The van der Waals surface area contributed by atoms with Crippen LogP contribution in [0.3, 0.4) is 0 Å². The minimum absolute atomic E-state index is 0.0271. The number of methoxy groups -OCH3 is 1. The van der Waals surface area contributed by atoms with E-state index in [0.717, 1.165) is 51.3 Å². The number of piperidine rings is 1. The number of hydrogen-bond acceptors (Lipinski definition) is 5. The summed E-state index contributed by atoms with van der Waals surface area (Å²) < 4.78 is 5.52. The second-order valence-corrected chi connectivity index (χ2v) is 8.32. The van der Waals surface area contributed by atoms with Crippen molar-refractivity contribution >= 4 is 5.91 Å². The molecule has 0 saturated carbocycles. The van der Waals surface area contributed by atoms with Gasteiger partial charge in [-0.25, -0.2) is 0 Å². The third kappa shape index (κ3) is 6.28. The number of hydrogen-bond donors (Lipinski definition) is 0. The summed E-state index contributed by atoms with van der Waals surface area (Å²) in [5.74, 6) is 1.43. The van der Waals surface area contributed by atoms with E-state index >= 15 is 0 Å². The molecule has 0 bridgehead atoms. The van der Waals surface area contributed by atoms with Gasteiger partial charge in [0, 0.05) is 44.5 Å². The highest BCUT2D eigenvalue weighted by atomic mass is 16.5. The lowest BCUT2D eigenvalue weighted by Crippen LogP contribution is -2.44. The number of nitrogens with zero attached hydrogens (tertiary/aromatic N) is 4. The van der Waals surface area contributed by atoms with E-state index in [1.54, 1.807) is 19.4 Å². The summed E-state index contributed by atoms with van der Waals surface area (Å²) in [6, 6.07) is 13.8. The molecular formula is C24H34N4O2. The molecule has 1 amide bonds. The van der Waals surface area contributed by atoms with Gasteiger partial charge in [-0.1, -0.05) is 24.3 Å². The first kappa shape index (κ1) is 22.2. The zero-order valence-electron chi connectivity index (χ0n) is 18.5. The average molecular weight is 411 g/mol. The van der Waals surface area contributed by atoms with Crippen molar-refractivity contribution in [1.29, 1.82) is 0 Å². The zero-order valence-corrected chi connectivity index (χ0v) is 18.5. The highest BCUT2D eigenvalue weighted by molar-refractivity contribution is 5.92. The SMILES string of the molecule is COc1ccccc1CN1CCC[C@@H](CN(CCN(C)C)C(=O)c2ccccn2)C1. The Hall–Kier alpha value is -2.44. The van der Waals surface area contributed by atoms with Gasteiger partial charge in [0.2, 0.25) is 0 Å². The van der Waals surface area contributed by atoms with Crippen LogP contribution in [0.1, 0.15) is 28.9 Å². The predicted octanol–water partition coefficient (Wildman–Crippen LogP) is 3.01. The topological polar surface area (TPSA) is 48.9 Å². The molecule has 3 rings (SSSR count). The number of aromatic nitrogens is 1. The summed E-state index contributed by atoms with van der Waals surface area (Å²) in [4.78, 5) is 24.0. The van der Waals surface area contributed by atoms with Crippen LogP contribution in [0.5, 0.6) is 5.75 Å². The van der Waals surface area contributed by atoms with Crippen molar-refractivity contribution in [3.63, 3.8) is 0 Å². The monoisotopic (exact) mass is 410 g/mol. The number of benzene rings is 1. The smallest absolute Gasteiger partial charge is 0.272 e. The van der Waals surface area contributed by atoms with E-state index in [9.17, 15) is 4.79 Å². The summed E-state index contributed by atoms with van der Waals surface area (Å²) >= 11 is 0. The molecule has 0 N–H and O–H groups in total. The number of para-hydroxylation sites is 1. The molecule has 6 heteroatoms. The molecule has 1 aliphatic heterocycles. The van der Waals surface area contributed by atoms with Gasteiger partial charge in [0.15, 0.2) is 0 Å². The number of carbonyl (C=O) groups is 1. The molecule has 1 aromatic heterocycles. The molecule has 1 saturated heterocycles. The zero-order chi connectivity index (χ0) is 21.3. The second-order valence-electron chi connectivity index (χ2n) is 8.32. The number of amides is 1. The highest BCUT2D eigenvalue weighted by Crippen LogP contribution is 2.24. The molecule has 1 aromatic carbocycles. The second kappa shape index (κ2) is 11.1.